The minimum atomic E-state index is -0.260. The lowest BCUT2D eigenvalue weighted by Crippen LogP contribution is -2.35. The Balaban J connectivity index is 1.20. The van der Waals surface area contributed by atoms with Crippen LogP contribution in [0.2, 0.25) is 0 Å². The second-order valence-corrected chi connectivity index (χ2v) is 36.6. The standard InChI is InChI=1S/C86H120N2O4S6/c1-15-27-33-55(21-7)39-43-61-65-47-53(13)93-76(65)62(44-40-56(22-8)34-28-16-2)66-48-69(95-77(61)66)70-49-67-63(45-41-57(23-9)35-29-17-3)79-68(64(78(67)96-70)46-42-58(24-10)36-30-18-4)50-71(97-79)80-74-75(86(92)88(85(74)91)52-60(26-12)38-32-20-6)82(98-80)81-73-72(54(14)94-81)83(89)87(84(73)90)51-59(25-11)37-31-19-5/h47-50,55-60H,15-46,51-52H2,1-14H3. The molecule has 8 aromatic rings. The summed E-state index contributed by atoms with van der Waals surface area (Å²) >= 11 is 11.0. The monoisotopic (exact) mass is 1440 g/mol. The lowest BCUT2D eigenvalue weighted by atomic mass is 9.88. The fraction of sp³-hybridized carbons (Fsp3) is 0.628. The lowest BCUT2D eigenvalue weighted by molar-refractivity contribution is 0.0608. The maximum absolute atomic E-state index is 15.7. The summed E-state index contributed by atoms with van der Waals surface area (Å²) in [5, 5.41) is 5.76. The Morgan fingerprint density at radius 2 is 0.592 bits per heavy atom. The van der Waals surface area contributed by atoms with E-state index in [1.165, 1.54) is 192 Å². The Labute approximate surface area is 614 Å². The van der Waals surface area contributed by atoms with Crippen molar-refractivity contribution in [3.05, 3.63) is 78.5 Å². The summed E-state index contributed by atoms with van der Waals surface area (Å²) in [5.74, 6) is 2.16. The second-order valence-electron chi connectivity index (χ2n) is 29.9. The molecule has 6 nitrogen and oxygen atoms in total. The lowest BCUT2D eigenvalue weighted by Gasteiger charge is -2.22. The number of nitrogens with zero attached hydrogens (tertiary/aromatic N) is 2. The summed E-state index contributed by atoms with van der Waals surface area (Å²) in [4.78, 5) is 72.2. The van der Waals surface area contributed by atoms with E-state index in [-0.39, 0.29) is 35.5 Å². The second kappa shape index (κ2) is 35.9. The third-order valence-electron chi connectivity index (χ3n) is 23.3. The van der Waals surface area contributed by atoms with Crippen LogP contribution in [0, 0.1) is 49.4 Å². The molecule has 0 spiro atoms. The molecule has 2 aromatic carbocycles. The highest BCUT2D eigenvalue weighted by Crippen LogP contribution is 2.56. The molecule has 12 heteroatoms. The van der Waals surface area contributed by atoms with Gasteiger partial charge in [-0.05, 0) is 182 Å². The molecule has 0 saturated heterocycles. The largest absolute Gasteiger partial charge is 0.274 e. The van der Waals surface area contributed by atoms with Gasteiger partial charge in [0.05, 0.1) is 36.9 Å². The van der Waals surface area contributed by atoms with E-state index in [1.807, 2.05) is 29.6 Å². The number of hydrogen-bond donors (Lipinski definition) is 0. The molecule has 0 bridgehead atoms. The molecule has 0 N–H and O–H groups in total. The van der Waals surface area contributed by atoms with Crippen LogP contribution in [0.3, 0.4) is 0 Å². The number of carbonyl (C=O) groups excluding carboxylic acids is 4. The Kier molecular flexibility index (Phi) is 28.1. The van der Waals surface area contributed by atoms with Gasteiger partial charge in [-0.2, -0.15) is 0 Å². The van der Waals surface area contributed by atoms with Crippen LogP contribution in [-0.4, -0.2) is 46.5 Å². The zero-order valence-electron chi connectivity index (χ0n) is 62.8. The topological polar surface area (TPSA) is 74.8 Å². The summed E-state index contributed by atoms with van der Waals surface area (Å²) in [6.07, 6.45) is 36.7. The molecule has 6 atom stereocenters. The number of hydrogen-bond acceptors (Lipinski definition) is 10. The van der Waals surface area contributed by atoms with Crippen molar-refractivity contribution in [1.82, 2.24) is 9.80 Å². The van der Waals surface area contributed by atoms with Gasteiger partial charge in [0.25, 0.3) is 23.6 Å². The van der Waals surface area contributed by atoms with Gasteiger partial charge in [-0.1, -0.05) is 224 Å². The summed E-state index contributed by atoms with van der Waals surface area (Å²) in [7, 11) is 0. The highest BCUT2D eigenvalue weighted by molar-refractivity contribution is 7.30. The van der Waals surface area contributed by atoms with Crippen molar-refractivity contribution in [1.29, 1.82) is 0 Å². The number of carbonyl (C=O) groups is 4. The predicted octanol–water partition coefficient (Wildman–Crippen LogP) is 28.5. The molecule has 6 aromatic heterocycles. The van der Waals surface area contributed by atoms with Crippen molar-refractivity contribution >= 4 is 132 Å². The zero-order valence-corrected chi connectivity index (χ0v) is 67.7. The molecular weight excluding hydrogens is 1320 g/mol. The molecule has 0 radical (unpaired) electrons. The summed E-state index contributed by atoms with van der Waals surface area (Å²) < 4.78 is 5.84. The van der Waals surface area contributed by atoms with Crippen LogP contribution in [0.5, 0.6) is 0 Å². The van der Waals surface area contributed by atoms with Gasteiger partial charge in [0.15, 0.2) is 0 Å². The zero-order chi connectivity index (χ0) is 69.9. The van der Waals surface area contributed by atoms with E-state index in [0.717, 1.165) is 129 Å². The molecule has 8 heterocycles. The number of aryl methyl sites for hydroxylation is 6. The average molecular weight is 1440 g/mol. The van der Waals surface area contributed by atoms with Crippen LogP contribution in [0.25, 0.3) is 69.6 Å². The Bertz CT molecular complexity index is 3870. The Morgan fingerprint density at radius 1 is 0.306 bits per heavy atom. The van der Waals surface area contributed by atoms with Gasteiger partial charge in [0.1, 0.15) is 0 Å². The van der Waals surface area contributed by atoms with Gasteiger partial charge in [0, 0.05) is 56.3 Å². The SMILES string of the molecule is CCCCC(CC)CCc1c2cc(-c3cc4c(CCC(CC)CCCC)c5sc(-c6sc(-c7sc(C)c8c7C(=O)N(CC(CC)CCCC)C8=O)c7c6C(=O)N(CC(CC)CCCC)C7=O)cc5c(CCC(CC)CCCC)c4s3)sc2c(CCC(CC)CCCC)c2cc(C)sc12. The highest BCUT2D eigenvalue weighted by Gasteiger charge is 2.47. The van der Waals surface area contributed by atoms with Gasteiger partial charge in [0.2, 0.25) is 0 Å². The normalized spacial score (nSPS) is 15.4. The minimum absolute atomic E-state index is 0.184. The van der Waals surface area contributed by atoms with Gasteiger partial charge in [-0.3, -0.25) is 29.0 Å². The van der Waals surface area contributed by atoms with E-state index in [0.29, 0.717) is 56.9 Å². The molecule has 0 saturated carbocycles. The van der Waals surface area contributed by atoms with Crippen LogP contribution in [0.1, 0.15) is 336 Å². The van der Waals surface area contributed by atoms with Crippen molar-refractivity contribution in [2.45, 2.75) is 302 Å². The minimum Gasteiger partial charge on any atom is -0.274 e. The van der Waals surface area contributed by atoms with Crippen LogP contribution >= 0.6 is 68.0 Å². The number of benzene rings is 2. The van der Waals surface area contributed by atoms with Crippen LogP contribution in [0.15, 0.2) is 24.3 Å². The first-order valence-electron chi connectivity index (χ1n) is 39.6. The first-order chi connectivity index (χ1) is 47.6. The Hall–Kier alpha value is -4.04. The number of amides is 4. The van der Waals surface area contributed by atoms with Crippen LogP contribution < -0.4 is 0 Å². The molecule has 10 rings (SSSR count). The van der Waals surface area contributed by atoms with Gasteiger partial charge >= 0.3 is 0 Å². The number of unbranched alkanes of at least 4 members (excludes halogenated alkanes) is 6. The average Bonchev–Trinajstić information content (AvgIpc) is 1.55. The molecule has 98 heavy (non-hydrogen) atoms. The van der Waals surface area contributed by atoms with E-state index in [2.05, 4.69) is 137 Å². The summed E-state index contributed by atoms with van der Waals surface area (Å²) in [6, 6.07) is 10.3. The van der Waals surface area contributed by atoms with Crippen molar-refractivity contribution in [2.75, 3.05) is 13.1 Å². The summed E-state index contributed by atoms with van der Waals surface area (Å²) in [5.41, 5.74) is 7.89. The fourth-order valence-electron chi connectivity index (χ4n) is 16.6. The van der Waals surface area contributed by atoms with E-state index in [1.54, 1.807) is 20.7 Å². The number of thiophene rings is 6. The molecular formula is C86H120N2O4S6. The van der Waals surface area contributed by atoms with Gasteiger partial charge in [-0.25, -0.2) is 0 Å². The van der Waals surface area contributed by atoms with E-state index >= 15 is 14.4 Å². The fourth-order valence-corrected chi connectivity index (χ4v) is 24.3. The maximum Gasteiger partial charge on any atom is 0.263 e. The van der Waals surface area contributed by atoms with Crippen molar-refractivity contribution in [3.8, 4) is 29.3 Å². The van der Waals surface area contributed by atoms with Crippen LogP contribution in [0.4, 0.5) is 0 Å². The Morgan fingerprint density at radius 3 is 0.949 bits per heavy atom. The molecule has 0 fully saturated rings. The van der Waals surface area contributed by atoms with E-state index in [9.17, 15) is 4.79 Å². The third kappa shape index (κ3) is 16.3. The first kappa shape index (κ1) is 76.6. The molecule has 6 unspecified atom stereocenters. The van der Waals surface area contributed by atoms with Crippen LogP contribution in [-0.2, 0) is 25.7 Å². The van der Waals surface area contributed by atoms with Crippen molar-refractivity contribution in [3.63, 3.8) is 0 Å². The van der Waals surface area contributed by atoms with Crippen molar-refractivity contribution < 1.29 is 19.2 Å². The quantitative estimate of drug-likeness (QED) is 0.0357. The summed E-state index contributed by atoms with van der Waals surface area (Å²) in [6.45, 7) is 32.8. The molecule has 0 aliphatic carbocycles. The highest BCUT2D eigenvalue weighted by atomic mass is 32.1. The third-order valence-corrected chi connectivity index (χ3v) is 30.8. The maximum atomic E-state index is 15.7. The number of rotatable bonds is 43. The van der Waals surface area contributed by atoms with Gasteiger partial charge < -0.3 is 0 Å². The number of fused-ring (bicyclic) bond motifs is 6. The molecule has 4 amide bonds. The van der Waals surface area contributed by atoms with E-state index < -0.39 is 0 Å². The smallest absolute Gasteiger partial charge is 0.263 e. The molecule has 2 aliphatic heterocycles. The van der Waals surface area contributed by atoms with Gasteiger partial charge in [-0.15, -0.1) is 68.0 Å². The predicted molar refractivity (Wildman–Crippen MR) is 433 cm³/mol. The van der Waals surface area contributed by atoms with E-state index in [4.69, 9.17) is 0 Å². The number of imide groups is 2. The molecule has 2 aliphatic rings. The first-order valence-corrected chi connectivity index (χ1v) is 44.5. The van der Waals surface area contributed by atoms with Crippen molar-refractivity contribution in [2.24, 2.45) is 35.5 Å². The molecule has 534 valence electrons.